The van der Waals surface area contributed by atoms with Gasteiger partial charge in [-0.2, -0.15) is 0 Å². The van der Waals surface area contributed by atoms with Crippen molar-refractivity contribution in [2.24, 2.45) is 0 Å². The fraction of sp³-hybridized carbons (Fsp3) is 0.174. The van der Waals surface area contributed by atoms with Crippen molar-refractivity contribution in [1.82, 2.24) is 9.97 Å². The molecule has 0 aliphatic heterocycles. The summed E-state index contributed by atoms with van der Waals surface area (Å²) in [6, 6.07) is 15.6. The first-order valence-electron chi connectivity index (χ1n) is 9.32. The van der Waals surface area contributed by atoms with Crippen LogP contribution in [-0.4, -0.2) is 21.6 Å². The topological polar surface area (TPSA) is 68.0 Å². The standard InChI is InChI=1S/C23H21N3O2S/c1-14-11-15(2)21(16(3)12-14)25-20(27)13-29-23-17-7-4-5-8-18(17)24-22(26-23)19-9-6-10-28-19/h4-12H,13H2,1-3H3,(H,25,27). The number of thioether (sulfide) groups is 1. The Morgan fingerprint density at radius 1 is 1.03 bits per heavy atom. The van der Waals surface area contributed by atoms with Crippen LogP contribution in [0.1, 0.15) is 16.7 Å². The molecular weight excluding hydrogens is 382 g/mol. The molecule has 0 fully saturated rings. The van der Waals surface area contributed by atoms with Crippen molar-refractivity contribution in [3.63, 3.8) is 0 Å². The fourth-order valence-electron chi connectivity index (χ4n) is 3.36. The zero-order chi connectivity index (χ0) is 20.4. The van der Waals surface area contributed by atoms with E-state index in [9.17, 15) is 4.79 Å². The molecular formula is C23H21N3O2S. The van der Waals surface area contributed by atoms with E-state index in [-0.39, 0.29) is 11.7 Å². The third-order valence-electron chi connectivity index (χ3n) is 4.59. The minimum atomic E-state index is -0.0627. The van der Waals surface area contributed by atoms with Gasteiger partial charge in [0, 0.05) is 11.1 Å². The van der Waals surface area contributed by atoms with Gasteiger partial charge in [0.05, 0.1) is 17.5 Å². The molecule has 2 heterocycles. The number of aryl methyl sites for hydroxylation is 3. The number of rotatable bonds is 5. The van der Waals surface area contributed by atoms with Crippen molar-refractivity contribution in [3.05, 3.63) is 71.5 Å². The minimum absolute atomic E-state index is 0.0627. The SMILES string of the molecule is Cc1cc(C)c(NC(=O)CSc2nc(-c3ccco3)nc3ccccc23)c(C)c1. The van der Waals surface area contributed by atoms with Gasteiger partial charge in [0.15, 0.2) is 11.6 Å². The van der Waals surface area contributed by atoms with Gasteiger partial charge in [0.1, 0.15) is 5.03 Å². The van der Waals surface area contributed by atoms with E-state index in [0.717, 1.165) is 32.7 Å². The summed E-state index contributed by atoms with van der Waals surface area (Å²) in [5.41, 5.74) is 5.01. The van der Waals surface area contributed by atoms with Crippen LogP contribution in [0.25, 0.3) is 22.5 Å². The van der Waals surface area contributed by atoms with Crippen molar-refractivity contribution < 1.29 is 9.21 Å². The number of amides is 1. The highest BCUT2D eigenvalue weighted by Crippen LogP contribution is 2.29. The molecule has 0 bridgehead atoms. The molecule has 0 unspecified atom stereocenters. The third kappa shape index (κ3) is 4.17. The molecule has 1 N–H and O–H groups in total. The van der Waals surface area contributed by atoms with Gasteiger partial charge >= 0.3 is 0 Å². The van der Waals surface area contributed by atoms with Crippen LogP contribution < -0.4 is 5.32 Å². The van der Waals surface area contributed by atoms with Gasteiger partial charge in [0.25, 0.3) is 0 Å². The predicted octanol–water partition coefficient (Wildman–Crippen LogP) is 5.55. The Labute approximate surface area is 173 Å². The Morgan fingerprint density at radius 2 is 1.79 bits per heavy atom. The minimum Gasteiger partial charge on any atom is -0.461 e. The first kappa shape index (κ1) is 19.2. The number of furan rings is 1. The Morgan fingerprint density at radius 3 is 2.52 bits per heavy atom. The molecule has 0 atom stereocenters. The molecule has 0 saturated heterocycles. The van der Waals surface area contributed by atoms with Crippen LogP contribution in [0.2, 0.25) is 0 Å². The molecule has 5 nitrogen and oxygen atoms in total. The molecule has 4 aromatic rings. The molecule has 2 aromatic heterocycles. The van der Waals surface area contributed by atoms with Crippen LogP contribution in [-0.2, 0) is 4.79 Å². The molecule has 29 heavy (non-hydrogen) atoms. The number of hydrogen-bond donors (Lipinski definition) is 1. The smallest absolute Gasteiger partial charge is 0.234 e. The van der Waals surface area contributed by atoms with Gasteiger partial charge in [-0.15, -0.1) is 0 Å². The number of nitrogens with zero attached hydrogens (tertiary/aromatic N) is 2. The molecule has 2 aromatic carbocycles. The number of carbonyl (C=O) groups is 1. The Hall–Kier alpha value is -3.12. The number of anilines is 1. The molecule has 146 valence electrons. The highest BCUT2D eigenvalue weighted by molar-refractivity contribution is 8.00. The van der Waals surface area contributed by atoms with Crippen LogP contribution in [0, 0.1) is 20.8 Å². The van der Waals surface area contributed by atoms with Gasteiger partial charge in [-0.05, 0) is 50.1 Å². The van der Waals surface area contributed by atoms with Crippen molar-refractivity contribution >= 4 is 34.3 Å². The van der Waals surface area contributed by atoms with E-state index in [4.69, 9.17) is 4.42 Å². The van der Waals surface area contributed by atoms with E-state index < -0.39 is 0 Å². The zero-order valence-electron chi connectivity index (χ0n) is 16.5. The highest BCUT2D eigenvalue weighted by Gasteiger charge is 2.14. The molecule has 0 saturated carbocycles. The first-order valence-corrected chi connectivity index (χ1v) is 10.3. The Kier molecular flexibility index (Phi) is 5.36. The summed E-state index contributed by atoms with van der Waals surface area (Å²) in [4.78, 5) is 21.9. The summed E-state index contributed by atoms with van der Waals surface area (Å²) in [5, 5.41) is 4.72. The van der Waals surface area contributed by atoms with Crippen LogP contribution in [0.4, 0.5) is 5.69 Å². The fourth-order valence-corrected chi connectivity index (χ4v) is 4.18. The Balaban J connectivity index is 1.57. The second kappa shape index (κ2) is 8.09. The lowest BCUT2D eigenvalue weighted by Crippen LogP contribution is -2.16. The molecule has 1 amide bonds. The van der Waals surface area contributed by atoms with Crippen LogP contribution in [0.5, 0.6) is 0 Å². The predicted molar refractivity (Wildman–Crippen MR) is 117 cm³/mol. The van der Waals surface area contributed by atoms with Crippen molar-refractivity contribution in [1.29, 1.82) is 0 Å². The summed E-state index contributed by atoms with van der Waals surface area (Å²) >= 11 is 1.40. The van der Waals surface area contributed by atoms with Crippen LogP contribution in [0.3, 0.4) is 0 Å². The summed E-state index contributed by atoms with van der Waals surface area (Å²) in [7, 11) is 0. The van der Waals surface area contributed by atoms with Crippen molar-refractivity contribution in [2.75, 3.05) is 11.1 Å². The summed E-state index contributed by atoms with van der Waals surface area (Å²) in [5.74, 6) is 1.31. The van der Waals surface area contributed by atoms with Gasteiger partial charge in [-0.3, -0.25) is 4.79 Å². The summed E-state index contributed by atoms with van der Waals surface area (Å²) in [6.45, 7) is 6.07. The number of aromatic nitrogens is 2. The maximum absolute atomic E-state index is 12.6. The number of hydrogen-bond acceptors (Lipinski definition) is 5. The molecule has 0 radical (unpaired) electrons. The quantitative estimate of drug-likeness (QED) is 0.350. The van der Waals surface area contributed by atoms with E-state index in [1.807, 2.05) is 44.2 Å². The van der Waals surface area contributed by atoms with Crippen molar-refractivity contribution in [2.45, 2.75) is 25.8 Å². The maximum Gasteiger partial charge on any atom is 0.234 e. The lowest BCUT2D eigenvalue weighted by atomic mass is 10.1. The van der Waals surface area contributed by atoms with E-state index in [2.05, 4.69) is 34.3 Å². The third-order valence-corrected chi connectivity index (χ3v) is 5.58. The normalized spacial score (nSPS) is 11.0. The summed E-state index contributed by atoms with van der Waals surface area (Å²) in [6.07, 6.45) is 1.60. The van der Waals surface area contributed by atoms with Gasteiger partial charge in [-0.25, -0.2) is 9.97 Å². The second-order valence-corrected chi connectivity index (χ2v) is 7.92. The number of fused-ring (bicyclic) bond motifs is 1. The second-order valence-electron chi connectivity index (χ2n) is 6.96. The molecule has 0 aliphatic rings. The molecule has 0 aliphatic carbocycles. The number of benzene rings is 2. The maximum atomic E-state index is 12.6. The average Bonchev–Trinajstić information content (AvgIpc) is 3.23. The zero-order valence-corrected chi connectivity index (χ0v) is 17.3. The monoisotopic (exact) mass is 403 g/mol. The van der Waals surface area contributed by atoms with Gasteiger partial charge in [0.2, 0.25) is 5.91 Å². The van der Waals surface area contributed by atoms with Gasteiger partial charge in [-0.1, -0.05) is 47.7 Å². The van der Waals surface area contributed by atoms with E-state index in [1.165, 1.54) is 17.3 Å². The van der Waals surface area contributed by atoms with Crippen LogP contribution >= 0.6 is 11.8 Å². The molecule has 4 rings (SSSR count). The molecule has 6 heteroatoms. The van der Waals surface area contributed by atoms with E-state index >= 15 is 0 Å². The number of para-hydroxylation sites is 1. The summed E-state index contributed by atoms with van der Waals surface area (Å²) < 4.78 is 5.45. The largest absolute Gasteiger partial charge is 0.461 e. The highest BCUT2D eigenvalue weighted by atomic mass is 32.2. The van der Waals surface area contributed by atoms with E-state index in [0.29, 0.717) is 11.6 Å². The lowest BCUT2D eigenvalue weighted by Gasteiger charge is -2.13. The van der Waals surface area contributed by atoms with Gasteiger partial charge < -0.3 is 9.73 Å². The molecule has 0 spiro atoms. The lowest BCUT2D eigenvalue weighted by molar-refractivity contribution is -0.113. The van der Waals surface area contributed by atoms with Crippen molar-refractivity contribution in [3.8, 4) is 11.6 Å². The number of nitrogens with one attached hydrogen (secondary N) is 1. The van der Waals surface area contributed by atoms with E-state index in [1.54, 1.807) is 12.3 Å². The van der Waals surface area contributed by atoms with Crippen LogP contribution in [0.15, 0.2) is 64.2 Å². The number of carbonyl (C=O) groups excluding carboxylic acids is 1. The average molecular weight is 404 g/mol. The first-order chi connectivity index (χ1) is 14.0. The Bertz CT molecular complexity index is 1160.